The number of aryl methyl sites for hydroxylation is 1. The van der Waals surface area contributed by atoms with Gasteiger partial charge in [-0.05, 0) is 52.2 Å². The van der Waals surface area contributed by atoms with Crippen molar-refractivity contribution >= 4 is 0 Å². The van der Waals surface area contributed by atoms with Crippen LogP contribution in [-0.4, -0.2) is 51.8 Å². The maximum Gasteiger partial charge on any atom is 0.0537 e. The largest absolute Gasteiger partial charge is 0.299 e. The number of rotatable bonds is 3. The number of likely N-dealkylation sites (tertiary alicyclic amines) is 2. The fourth-order valence-corrected chi connectivity index (χ4v) is 3.52. The van der Waals surface area contributed by atoms with Crippen LogP contribution < -0.4 is 0 Å². The summed E-state index contributed by atoms with van der Waals surface area (Å²) in [5.41, 5.74) is 2.70. The smallest absolute Gasteiger partial charge is 0.0537 e. The zero-order valence-corrected chi connectivity index (χ0v) is 12.3. The molecule has 0 aliphatic carbocycles. The molecular formula is C15H26N4. The summed E-state index contributed by atoms with van der Waals surface area (Å²) in [6, 6.07) is 0.799. The molecule has 3 rings (SSSR count). The number of hydrogen-bond donors (Lipinski definition) is 0. The van der Waals surface area contributed by atoms with Gasteiger partial charge in [0.15, 0.2) is 0 Å². The van der Waals surface area contributed by atoms with Crippen LogP contribution in [0.1, 0.15) is 36.9 Å². The minimum atomic E-state index is 0.799. The van der Waals surface area contributed by atoms with Gasteiger partial charge in [0.25, 0.3) is 0 Å². The molecule has 1 aromatic heterocycles. The molecule has 1 atom stereocenters. The predicted octanol–water partition coefficient (Wildman–Crippen LogP) is 1.79. The van der Waals surface area contributed by atoms with E-state index in [9.17, 15) is 0 Å². The van der Waals surface area contributed by atoms with Crippen molar-refractivity contribution in [2.45, 2.75) is 45.2 Å². The van der Waals surface area contributed by atoms with Crippen LogP contribution in [-0.2, 0) is 13.6 Å². The molecule has 4 heteroatoms. The van der Waals surface area contributed by atoms with Crippen LogP contribution in [0.4, 0.5) is 0 Å². The summed E-state index contributed by atoms with van der Waals surface area (Å²) in [6.45, 7) is 8.39. The molecule has 19 heavy (non-hydrogen) atoms. The van der Waals surface area contributed by atoms with Crippen molar-refractivity contribution in [1.82, 2.24) is 19.6 Å². The molecule has 3 heterocycles. The Morgan fingerprint density at radius 3 is 2.68 bits per heavy atom. The van der Waals surface area contributed by atoms with Gasteiger partial charge in [0.1, 0.15) is 0 Å². The van der Waals surface area contributed by atoms with Gasteiger partial charge in [-0.3, -0.25) is 14.5 Å². The Morgan fingerprint density at radius 2 is 2.00 bits per heavy atom. The van der Waals surface area contributed by atoms with Crippen LogP contribution in [0.2, 0.25) is 0 Å². The minimum Gasteiger partial charge on any atom is -0.299 e. The molecule has 2 saturated heterocycles. The first kappa shape index (κ1) is 13.1. The summed E-state index contributed by atoms with van der Waals surface area (Å²) < 4.78 is 1.98. The summed E-state index contributed by atoms with van der Waals surface area (Å²) in [7, 11) is 2.03. The van der Waals surface area contributed by atoms with E-state index < -0.39 is 0 Å². The van der Waals surface area contributed by atoms with Gasteiger partial charge in [0.2, 0.25) is 0 Å². The maximum absolute atomic E-state index is 4.36. The van der Waals surface area contributed by atoms with E-state index in [1.165, 1.54) is 63.1 Å². The molecule has 2 aliphatic rings. The molecule has 0 amide bonds. The van der Waals surface area contributed by atoms with E-state index in [2.05, 4.69) is 21.8 Å². The van der Waals surface area contributed by atoms with Gasteiger partial charge in [-0.25, -0.2) is 0 Å². The lowest BCUT2D eigenvalue weighted by atomic mass is 10.0. The second kappa shape index (κ2) is 5.63. The highest BCUT2D eigenvalue weighted by Gasteiger charge is 2.27. The zero-order chi connectivity index (χ0) is 13.2. The van der Waals surface area contributed by atoms with Crippen molar-refractivity contribution in [3.05, 3.63) is 17.5 Å². The molecule has 1 unspecified atom stereocenters. The van der Waals surface area contributed by atoms with Crippen molar-refractivity contribution in [1.29, 1.82) is 0 Å². The minimum absolute atomic E-state index is 0.799. The first-order valence-electron chi connectivity index (χ1n) is 7.68. The molecule has 1 aromatic rings. The third-order valence-electron chi connectivity index (χ3n) is 4.87. The van der Waals surface area contributed by atoms with Gasteiger partial charge in [0.05, 0.1) is 6.20 Å². The Bertz CT molecular complexity index is 420. The monoisotopic (exact) mass is 262 g/mol. The Kier molecular flexibility index (Phi) is 3.89. The van der Waals surface area contributed by atoms with Gasteiger partial charge >= 0.3 is 0 Å². The Labute approximate surface area is 116 Å². The maximum atomic E-state index is 4.36. The van der Waals surface area contributed by atoms with E-state index in [-0.39, 0.29) is 0 Å². The van der Waals surface area contributed by atoms with Gasteiger partial charge < -0.3 is 0 Å². The molecule has 4 nitrogen and oxygen atoms in total. The number of aromatic nitrogens is 2. The third-order valence-corrected chi connectivity index (χ3v) is 4.87. The molecule has 0 N–H and O–H groups in total. The van der Waals surface area contributed by atoms with Crippen LogP contribution in [0.3, 0.4) is 0 Å². The lowest BCUT2D eigenvalue weighted by Gasteiger charge is -2.37. The van der Waals surface area contributed by atoms with Crippen molar-refractivity contribution in [2.24, 2.45) is 7.05 Å². The highest BCUT2D eigenvalue weighted by Crippen LogP contribution is 2.22. The Hall–Kier alpha value is -0.870. The SMILES string of the molecule is Cc1c(CN2CCCC(N3CCCC3)C2)cnn1C. The summed E-state index contributed by atoms with van der Waals surface area (Å²) in [5, 5.41) is 4.36. The van der Waals surface area contributed by atoms with Crippen molar-refractivity contribution < 1.29 is 0 Å². The molecule has 0 saturated carbocycles. The van der Waals surface area contributed by atoms with Gasteiger partial charge in [0, 0.05) is 37.4 Å². The average molecular weight is 262 g/mol. The van der Waals surface area contributed by atoms with Crippen molar-refractivity contribution in [3.8, 4) is 0 Å². The lowest BCUT2D eigenvalue weighted by Crippen LogP contribution is -2.46. The van der Waals surface area contributed by atoms with E-state index in [0.717, 1.165) is 12.6 Å². The summed E-state index contributed by atoms with van der Waals surface area (Å²) in [4.78, 5) is 5.33. The van der Waals surface area contributed by atoms with Crippen LogP contribution in [0.5, 0.6) is 0 Å². The topological polar surface area (TPSA) is 24.3 Å². The van der Waals surface area contributed by atoms with Crippen molar-refractivity contribution in [2.75, 3.05) is 26.2 Å². The van der Waals surface area contributed by atoms with Crippen LogP contribution in [0.15, 0.2) is 6.20 Å². The first-order chi connectivity index (χ1) is 9.24. The molecule has 2 aliphatic heterocycles. The Balaban J connectivity index is 1.60. The molecular weight excluding hydrogens is 236 g/mol. The van der Waals surface area contributed by atoms with E-state index in [1.54, 1.807) is 0 Å². The second-order valence-electron chi connectivity index (χ2n) is 6.15. The third kappa shape index (κ3) is 2.84. The lowest BCUT2D eigenvalue weighted by molar-refractivity contribution is 0.110. The van der Waals surface area contributed by atoms with E-state index in [1.807, 2.05) is 17.9 Å². The fourth-order valence-electron chi connectivity index (χ4n) is 3.52. The highest BCUT2D eigenvalue weighted by molar-refractivity contribution is 5.15. The van der Waals surface area contributed by atoms with Gasteiger partial charge in [-0.1, -0.05) is 0 Å². The van der Waals surface area contributed by atoms with Crippen LogP contribution in [0.25, 0.3) is 0 Å². The Morgan fingerprint density at radius 1 is 1.21 bits per heavy atom. The predicted molar refractivity (Wildman–Crippen MR) is 77.1 cm³/mol. The van der Waals surface area contributed by atoms with Crippen LogP contribution in [0, 0.1) is 6.92 Å². The molecule has 0 radical (unpaired) electrons. The fraction of sp³-hybridized carbons (Fsp3) is 0.800. The number of hydrogen-bond acceptors (Lipinski definition) is 3. The van der Waals surface area contributed by atoms with Gasteiger partial charge in [-0.2, -0.15) is 5.10 Å². The van der Waals surface area contributed by atoms with E-state index >= 15 is 0 Å². The molecule has 106 valence electrons. The molecule has 0 spiro atoms. The highest BCUT2D eigenvalue weighted by atomic mass is 15.3. The quantitative estimate of drug-likeness (QED) is 0.830. The first-order valence-corrected chi connectivity index (χ1v) is 7.68. The number of nitrogens with zero attached hydrogens (tertiary/aromatic N) is 4. The molecule has 0 aromatic carbocycles. The normalized spacial score (nSPS) is 26.1. The summed E-state index contributed by atoms with van der Waals surface area (Å²) >= 11 is 0. The summed E-state index contributed by atoms with van der Waals surface area (Å²) in [6.07, 6.45) is 7.58. The number of piperidine rings is 1. The van der Waals surface area contributed by atoms with Gasteiger partial charge in [-0.15, -0.1) is 0 Å². The van der Waals surface area contributed by atoms with E-state index in [0.29, 0.717) is 0 Å². The summed E-state index contributed by atoms with van der Waals surface area (Å²) in [5.74, 6) is 0. The zero-order valence-electron chi connectivity index (χ0n) is 12.3. The second-order valence-corrected chi connectivity index (χ2v) is 6.15. The van der Waals surface area contributed by atoms with Crippen molar-refractivity contribution in [3.63, 3.8) is 0 Å². The van der Waals surface area contributed by atoms with E-state index in [4.69, 9.17) is 0 Å². The average Bonchev–Trinajstić information content (AvgIpc) is 3.05. The molecule has 2 fully saturated rings. The molecule has 0 bridgehead atoms. The van der Waals surface area contributed by atoms with Crippen LogP contribution >= 0.6 is 0 Å². The standard InChI is InChI=1S/C15H26N4/c1-13-14(10-16-17(13)2)11-18-7-5-6-15(12-18)19-8-3-4-9-19/h10,15H,3-9,11-12H2,1-2H3.